The fraction of sp³-hybridized carbons (Fsp3) is 0.391. The Morgan fingerprint density at radius 2 is 2.10 bits per heavy atom. The molecule has 3 aromatic heterocycles. The van der Waals surface area contributed by atoms with E-state index >= 15 is 0 Å². The Balaban J connectivity index is 1.18. The maximum Gasteiger partial charge on any atom is 0.270 e. The van der Waals surface area contributed by atoms with E-state index in [0.717, 1.165) is 42.5 Å². The van der Waals surface area contributed by atoms with E-state index in [4.69, 9.17) is 4.74 Å². The molecule has 1 saturated carbocycles. The molecule has 1 amide bonds. The standard InChI is InChI=1S/C23H25N5O3/c1-13-7-19-20(27-22(13)29)8-15(9-24-19)11-28-12-21(14(28)2)31-17-5-6-18(25-10-17)23(30)26-16-3-4-16/h5-10,14,16,21H,3-4,11-12H2,1-2H3,(H,26,30)(H,27,29)/t14-,21+/m1/s1. The average molecular weight is 419 g/mol. The van der Waals surface area contributed by atoms with Gasteiger partial charge >= 0.3 is 0 Å². The Morgan fingerprint density at radius 1 is 1.26 bits per heavy atom. The van der Waals surface area contributed by atoms with Gasteiger partial charge in [0.2, 0.25) is 0 Å². The lowest BCUT2D eigenvalue weighted by molar-refractivity contribution is -0.0415. The van der Waals surface area contributed by atoms with E-state index in [2.05, 4.69) is 32.1 Å². The first-order valence-corrected chi connectivity index (χ1v) is 10.6. The van der Waals surface area contributed by atoms with Crippen LogP contribution in [0.5, 0.6) is 5.75 Å². The zero-order valence-electron chi connectivity index (χ0n) is 17.6. The lowest BCUT2D eigenvalue weighted by atomic mass is 10.00. The van der Waals surface area contributed by atoms with Gasteiger partial charge in [0.15, 0.2) is 0 Å². The number of carbonyl (C=O) groups is 1. The predicted molar refractivity (Wildman–Crippen MR) is 116 cm³/mol. The third-order valence-corrected chi connectivity index (χ3v) is 6.02. The molecule has 8 nitrogen and oxygen atoms in total. The molecule has 3 aromatic rings. The topological polar surface area (TPSA) is 100 Å². The molecule has 1 aliphatic heterocycles. The molecule has 2 atom stereocenters. The first-order chi connectivity index (χ1) is 15.0. The number of H-pyrrole nitrogens is 1. The summed E-state index contributed by atoms with van der Waals surface area (Å²) < 4.78 is 6.06. The summed E-state index contributed by atoms with van der Waals surface area (Å²) in [5, 5.41) is 2.93. The van der Waals surface area contributed by atoms with Gasteiger partial charge < -0.3 is 15.0 Å². The van der Waals surface area contributed by atoms with Crippen molar-refractivity contribution in [2.45, 2.75) is 51.4 Å². The van der Waals surface area contributed by atoms with Gasteiger partial charge in [-0.1, -0.05) is 0 Å². The number of aromatic amines is 1. The Morgan fingerprint density at radius 3 is 2.81 bits per heavy atom. The van der Waals surface area contributed by atoms with Crippen LogP contribution in [-0.4, -0.2) is 50.5 Å². The number of rotatable bonds is 6. The Hall–Kier alpha value is -3.26. The lowest BCUT2D eigenvalue weighted by Crippen LogP contribution is -2.60. The average Bonchev–Trinajstić information content (AvgIpc) is 3.58. The molecule has 0 spiro atoms. The minimum Gasteiger partial charge on any atom is -0.486 e. The summed E-state index contributed by atoms with van der Waals surface area (Å²) in [5.41, 5.74) is 3.59. The Kier molecular flexibility index (Phi) is 4.94. The summed E-state index contributed by atoms with van der Waals surface area (Å²) in [6.45, 7) is 5.42. The van der Waals surface area contributed by atoms with Gasteiger partial charge in [0.1, 0.15) is 17.5 Å². The smallest absolute Gasteiger partial charge is 0.270 e. The zero-order valence-corrected chi connectivity index (χ0v) is 17.6. The lowest BCUT2D eigenvalue weighted by Gasteiger charge is -2.45. The quantitative estimate of drug-likeness (QED) is 0.635. The molecule has 0 unspecified atom stereocenters. The minimum atomic E-state index is -0.127. The van der Waals surface area contributed by atoms with Crippen molar-refractivity contribution in [3.05, 3.63) is 63.8 Å². The third kappa shape index (κ3) is 4.16. The van der Waals surface area contributed by atoms with Crippen molar-refractivity contribution in [3.8, 4) is 5.75 Å². The summed E-state index contributed by atoms with van der Waals surface area (Å²) in [5.74, 6) is 0.539. The second-order valence-corrected chi connectivity index (χ2v) is 8.51. The van der Waals surface area contributed by atoms with E-state index < -0.39 is 0 Å². The van der Waals surface area contributed by atoms with Gasteiger partial charge in [-0.25, -0.2) is 4.98 Å². The van der Waals surface area contributed by atoms with Crippen LogP contribution >= 0.6 is 0 Å². The fourth-order valence-electron chi connectivity index (χ4n) is 3.78. The Labute approximate surface area is 179 Å². The number of ether oxygens (including phenoxy) is 1. The van der Waals surface area contributed by atoms with Crippen LogP contribution in [-0.2, 0) is 6.54 Å². The molecule has 31 heavy (non-hydrogen) atoms. The molecule has 2 N–H and O–H groups in total. The second kappa shape index (κ2) is 7.77. The molecule has 4 heterocycles. The van der Waals surface area contributed by atoms with Gasteiger partial charge in [0.25, 0.3) is 11.5 Å². The largest absolute Gasteiger partial charge is 0.486 e. The number of nitrogens with one attached hydrogen (secondary N) is 2. The van der Waals surface area contributed by atoms with Crippen molar-refractivity contribution in [2.75, 3.05) is 6.54 Å². The molecule has 2 aliphatic rings. The highest BCUT2D eigenvalue weighted by molar-refractivity contribution is 5.92. The number of hydrogen-bond acceptors (Lipinski definition) is 6. The molecule has 5 rings (SSSR count). The molecular formula is C23H25N5O3. The van der Waals surface area contributed by atoms with Crippen LogP contribution in [0.25, 0.3) is 11.0 Å². The van der Waals surface area contributed by atoms with Gasteiger partial charge in [0.05, 0.1) is 17.2 Å². The molecule has 0 bridgehead atoms. The van der Waals surface area contributed by atoms with E-state index in [9.17, 15) is 9.59 Å². The van der Waals surface area contributed by atoms with Crippen LogP contribution in [0.1, 0.15) is 41.4 Å². The number of aryl methyl sites for hydroxylation is 1. The number of aromatic nitrogens is 3. The first kappa shape index (κ1) is 19.7. The maximum atomic E-state index is 12.0. The van der Waals surface area contributed by atoms with Crippen LogP contribution < -0.4 is 15.6 Å². The summed E-state index contributed by atoms with van der Waals surface area (Å²) in [4.78, 5) is 37.8. The van der Waals surface area contributed by atoms with Crippen molar-refractivity contribution in [1.82, 2.24) is 25.2 Å². The predicted octanol–water partition coefficient (Wildman–Crippen LogP) is 2.17. The molecule has 8 heteroatoms. The molecule has 160 valence electrons. The molecule has 1 saturated heterocycles. The number of carbonyl (C=O) groups excluding carboxylic acids is 1. The molecule has 2 fully saturated rings. The normalized spacial score (nSPS) is 21.0. The van der Waals surface area contributed by atoms with Gasteiger partial charge in [-0.05, 0) is 56.5 Å². The van der Waals surface area contributed by atoms with Crippen molar-refractivity contribution >= 4 is 16.9 Å². The summed E-state index contributed by atoms with van der Waals surface area (Å²) in [6, 6.07) is 7.84. The maximum absolute atomic E-state index is 12.0. The minimum absolute atomic E-state index is 0.0591. The van der Waals surface area contributed by atoms with Gasteiger partial charge in [-0.15, -0.1) is 0 Å². The van der Waals surface area contributed by atoms with Crippen molar-refractivity contribution in [1.29, 1.82) is 0 Å². The van der Waals surface area contributed by atoms with Gasteiger partial charge in [-0.3, -0.25) is 19.5 Å². The van der Waals surface area contributed by atoms with Gasteiger partial charge in [0, 0.05) is 36.9 Å². The van der Waals surface area contributed by atoms with Crippen molar-refractivity contribution < 1.29 is 9.53 Å². The number of fused-ring (bicyclic) bond motifs is 1. The zero-order chi connectivity index (χ0) is 21.5. The summed E-state index contributed by atoms with van der Waals surface area (Å²) >= 11 is 0. The van der Waals surface area contributed by atoms with Crippen LogP contribution in [0, 0.1) is 6.92 Å². The number of amides is 1. The third-order valence-electron chi connectivity index (χ3n) is 6.02. The van der Waals surface area contributed by atoms with Crippen LogP contribution in [0.2, 0.25) is 0 Å². The molecule has 0 aromatic carbocycles. The highest BCUT2D eigenvalue weighted by Gasteiger charge is 2.37. The first-order valence-electron chi connectivity index (χ1n) is 10.6. The van der Waals surface area contributed by atoms with E-state index in [0.29, 0.717) is 23.0 Å². The van der Waals surface area contributed by atoms with Crippen molar-refractivity contribution in [2.24, 2.45) is 0 Å². The summed E-state index contributed by atoms with van der Waals surface area (Å²) in [6.07, 6.45) is 5.63. The van der Waals surface area contributed by atoms with E-state index in [-0.39, 0.29) is 23.6 Å². The fourth-order valence-corrected chi connectivity index (χ4v) is 3.78. The Bertz CT molecular complexity index is 1190. The molecular weight excluding hydrogens is 394 g/mol. The highest BCUT2D eigenvalue weighted by atomic mass is 16.5. The SMILES string of the molecule is Cc1cc2ncc(CN3C[C@H](Oc4ccc(C(=O)NC5CC5)nc4)[C@H]3C)cc2[nH]c1=O. The molecule has 1 aliphatic carbocycles. The number of likely N-dealkylation sites (tertiary alicyclic amines) is 1. The van der Waals surface area contributed by atoms with Crippen LogP contribution in [0.4, 0.5) is 0 Å². The number of pyridine rings is 3. The highest BCUT2D eigenvalue weighted by Crippen LogP contribution is 2.26. The van der Waals surface area contributed by atoms with E-state index in [1.54, 1.807) is 25.3 Å². The van der Waals surface area contributed by atoms with Gasteiger partial charge in [-0.2, -0.15) is 0 Å². The summed E-state index contributed by atoms with van der Waals surface area (Å²) in [7, 11) is 0. The van der Waals surface area contributed by atoms with Crippen LogP contribution in [0.3, 0.4) is 0 Å². The molecule has 0 radical (unpaired) electrons. The van der Waals surface area contributed by atoms with E-state index in [1.807, 2.05) is 18.3 Å². The number of hydrogen-bond donors (Lipinski definition) is 2. The second-order valence-electron chi connectivity index (χ2n) is 8.51. The van der Waals surface area contributed by atoms with Crippen LogP contribution in [0.15, 0.2) is 41.5 Å². The van der Waals surface area contributed by atoms with Crippen molar-refractivity contribution in [3.63, 3.8) is 0 Å². The monoisotopic (exact) mass is 419 g/mol. The number of nitrogens with zero attached hydrogens (tertiary/aromatic N) is 3. The van der Waals surface area contributed by atoms with E-state index in [1.165, 1.54) is 0 Å².